The predicted molar refractivity (Wildman–Crippen MR) is 71.0 cm³/mol. The number of anilines is 2. The molecular weight excluding hydrogens is 362 g/mol. The van der Waals surface area contributed by atoms with Gasteiger partial charge in [0.2, 0.25) is 5.89 Å². The van der Waals surface area contributed by atoms with E-state index >= 15 is 0 Å². The van der Waals surface area contributed by atoms with Gasteiger partial charge in [0.15, 0.2) is 0 Å². The van der Waals surface area contributed by atoms with E-state index in [1.165, 1.54) is 6.07 Å². The molecule has 0 aliphatic rings. The van der Waals surface area contributed by atoms with E-state index in [4.69, 9.17) is 16.0 Å². The molecule has 0 fully saturated rings. The molecule has 1 unspecified atom stereocenters. The van der Waals surface area contributed by atoms with Crippen molar-refractivity contribution in [2.24, 2.45) is 0 Å². The van der Waals surface area contributed by atoms with Gasteiger partial charge in [-0.2, -0.15) is 13.2 Å². The second-order valence-corrected chi connectivity index (χ2v) is 5.39. The van der Waals surface area contributed by atoms with Crippen LogP contribution in [0.25, 0.3) is 0 Å². The molecule has 1 aromatic heterocycles. The number of benzene rings is 1. The summed E-state index contributed by atoms with van der Waals surface area (Å²) in [7, 11) is 0. The second kappa shape index (κ2) is 5.61. The van der Waals surface area contributed by atoms with Crippen molar-refractivity contribution in [3.8, 4) is 0 Å². The van der Waals surface area contributed by atoms with Gasteiger partial charge in [-0.15, -0.1) is 16.7 Å². The van der Waals surface area contributed by atoms with Crippen LogP contribution in [0.1, 0.15) is 23.8 Å². The first-order valence-corrected chi connectivity index (χ1v) is 6.61. The van der Waals surface area contributed by atoms with Crippen molar-refractivity contribution in [2.75, 3.05) is 5.32 Å². The monoisotopic (exact) mass is 369 g/mol. The van der Waals surface area contributed by atoms with E-state index in [1.807, 2.05) is 0 Å². The molecule has 0 radical (unpaired) electrons. The van der Waals surface area contributed by atoms with E-state index < -0.39 is 17.1 Å². The van der Waals surface area contributed by atoms with Crippen LogP contribution in [0.2, 0.25) is 0 Å². The van der Waals surface area contributed by atoms with Gasteiger partial charge < -0.3 is 9.73 Å². The van der Waals surface area contributed by atoms with Gasteiger partial charge in [-0.1, -0.05) is 5.10 Å². The van der Waals surface area contributed by atoms with Crippen LogP contribution >= 0.6 is 27.5 Å². The smallest absolute Gasteiger partial charge is 0.406 e. The van der Waals surface area contributed by atoms with E-state index in [-0.39, 0.29) is 17.6 Å². The number of nitrogens with zero attached hydrogens (tertiary/aromatic N) is 2. The lowest BCUT2D eigenvalue weighted by Gasteiger charge is -2.10. The molecule has 1 N–H and O–H groups in total. The van der Waals surface area contributed by atoms with Crippen molar-refractivity contribution in [1.82, 2.24) is 10.2 Å². The number of hydrogen-bond donors (Lipinski definition) is 1. The molecule has 0 bridgehead atoms. The average molecular weight is 371 g/mol. The van der Waals surface area contributed by atoms with Crippen LogP contribution in [0.15, 0.2) is 27.1 Å². The summed E-state index contributed by atoms with van der Waals surface area (Å²) in [5.74, 6) is 0.178. The summed E-state index contributed by atoms with van der Waals surface area (Å²) < 4.78 is 43.5. The fraction of sp³-hybridized carbons (Fsp3) is 0.273. The summed E-state index contributed by atoms with van der Waals surface area (Å²) >= 11 is 8.90. The van der Waals surface area contributed by atoms with E-state index in [1.54, 1.807) is 6.92 Å². The topological polar surface area (TPSA) is 51.0 Å². The molecule has 1 aromatic carbocycles. The standard InChI is InChI=1S/C11H8BrClF3N3O/c1-5(13)9-18-19-10(20-9)17-8-4-6(11(14,15)16)2-3-7(8)12/h2-5H,1H3,(H,17,19). The zero-order chi connectivity index (χ0) is 14.9. The molecule has 0 saturated carbocycles. The third kappa shape index (κ3) is 3.43. The van der Waals surface area contributed by atoms with Gasteiger partial charge in [0.25, 0.3) is 0 Å². The Balaban J connectivity index is 2.28. The minimum absolute atomic E-state index is 0.0347. The Hall–Kier alpha value is -1.28. The lowest BCUT2D eigenvalue weighted by atomic mass is 10.2. The summed E-state index contributed by atoms with van der Waals surface area (Å²) in [4.78, 5) is 0. The lowest BCUT2D eigenvalue weighted by Crippen LogP contribution is -2.05. The highest BCUT2D eigenvalue weighted by molar-refractivity contribution is 9.10. The van der Waals surface area contributed by atoms with Gasteiger partial charge >= 0.3 is 12.2 Å². The number of rotatable bonds is 3. The Morgan fingerprint density at radius 1 is 1.35 bits per heavy atom. The third-order valence-corrected chi connectivity index (χ3v) is 3.19. The molecular formula is C11H8BrClF3N3O. The summed E-state index contributed by atoms with van der Waals surface area (Å²) in [6, 6.07) is 3.16. The van der Waals surface area contributed by atoms with Gasteiger partial charge in [0, 0.05) is 4.47 Å². The molecule has 0 spiro atoms. The Kier molecular flexibility index (Phi) is 4.24. The molecule has 20 heavy (non-hydrogen) atoms. The molecule has 2 aromatic rings. The largest absolute Gasteiger partial charge is 0.416 e. The molecule has 4 nitrogen and oxygen atoms in total. The van der Waals surface area contributed by atoms with E-state index in [2.05, 4.69) is 31.4 Å². The van der Waals surface area contributed by atoms with E-state index in [9.17, 15) is 13.2 Å². The van der Waals surface area contributed by atoms with Crippen LogP contribution in [0.5, 0.6) is 0 Å². The fourth-order valence-corrected chi connectivity index (χ4v) is 1.79. The van der Waals surface area contributed by atoms with Crippen molar-refractivity contribution in [1.29, 1.82) is 0 Å². The SMILES string of the molecule is CC(Cl)c1nnc(Nc2cc(C(F)(F)F)ccc2Br)o1. The Labute approximate surface area is 125 Å². The highest BCUT2D eigenvalue weighted by Gasteiger charge is 2.31. The number of halogens is 5. The van der Waals surface area contributed by atoms with Gasteiger partial charge in [0.05, 0.1) is 11.3 Å². The first kappa shape index (κ1) is 15.1. The number of aromatic nitrogens is 2. The minimum atomic E-state index is -4.43. The highest BCUT2D eigenvalue weighted by Crippen LogP contribution is 2.35. The Morgan fingerprint density at radius 2 is 2.05 bits per heavy atom. The molecule has 0 aliphatic heterocycles. The van der Waals surface area contributed by atoms with Crippen LogP contribution in [-0.4, -0.2) is 10.2 Å². The summed E-state index contributed by atoms with van der Waals surface area (Å²) in [5, 5.41) is 9.45. The average Bonchev–Trinajstić information content (AvgIpc) is 2.79. The molecule has 1 heterocycles. The first-order valence-electron chi connectivity index (χ1n) is 5.38. The van der Waals surface area contributed by atoms with Gasteiger partial charge in [-0.3, -0.25) is 0 Å². The molecule has 108 valence electrons. The quantitative estimate of drug-likeness (QED) is 0.781. The maximum absolute atomic E-state index is 12.6. The zero-order valence-corrected chi connectivity index (χ0v) is 12.3. The van der Waals surface area contributed by atoms with Crippen LogP contribution in [0.3, 0.4) is 0 Å². The molecule has 0 saturated heterocycles. The Morgan fingerprint density at radius 3 is 2.60 bits per heavy atom. The maximum Gasteiger partial charge on any atom is 0.416 e. The number of hydrogen-bond acceptors (Lipinski definition) is 4. The third-order valence-electron chi connectivity index (χ3n) is 2.32. The summed E-state index contributed by atoms with van der Waals surface area (Å²) in [5.41, 5.74) is -0.620. The van der Waals surface area contributed by atoms with Gasteiger partial charge in [-0.25, -0.2) is 0 Å². The molecule has 9 heteroatoms. The molecule has 2 rings (SSSR count). The predicted octanol–water partition coefficient (Wildman–Crippen LogP) is 4.89. The second-order valence-electron chi connectivity index (χ2n) is 3.88. The summed E-state index contributed by atoms with van der Waals surface area (Å²) in [6.07, 6.45) is -4.43. The number of nitrogens with one attached hydrogen (secondary N) is 1. The van der Waals surface area contributed by atoms with Crippen LogP contribution in [0, 0.1) is 0 Å². The lowest BCUT2D eigenvalue weighted by molar-refractivity contribution is -0.137. The normalized spacial score (nSPS) is 13.3. The van der Waals surface area contributed by atoms with Crippen LogP contribution < -0.4 is 5.32 Å². The van der Waals surface area contributed by atoms with Crippen molar-refractivity contribution in [3.05, 3.63) is 34.1 Å². The van der Waals surface area contributed by atoms with Crippen molar-refractivity contribution in [3.63, 3.8) is 0 Å². The number of alkyl halides is 4. The maximum atomic E-state index is 12.6. The van der Waals surface area contributed by atoms with Crippen molar-refractivity contribution in [2.45, 2.75) is 18.5 Å². The minimum Gasteiger partial charge on any atom is -0.406 e. The zero-order valence-electron chi connectivity index (χ0n) is 10.0. The van der Waals surface area contributed by atoms with Gasteiger partial charge in [0.1, 0.15) is 5.38 Å². The summed E-state index contributed by atoms with van der Waals surface area (Å²) in [6.45, 7) is 1.64. The molecule has 1 atom stereocenters. The van der Waals surface area contributed by atoms with Crippen molar-refractivity contribution < 1.29 is 17.6 Å². The Bertz CT molecular complexity index is 615. The van der Waals surface area contributed by atoms with E-state index in [0.29, 0.717) is 4.47 Å². The molecule has 0 amide bonds. The first-order chi connectivity index (χ1) is 9.27. The van der Waals surface area contributed by atoms with Crippen molar-refractivity contribution >= 4 is 39.2 Å². The van der Waals surface area contributed by atoms with Gasteiger partial charge in [-0.05, 0) is 41.1 Å². The van der Waals surface area contributed by atoms with E-state index in [0.717, 1.165) is 12.1 Å². The van der Waals surface area contributed by atoms with Crippen LogP contribution in [-0.2, 0) is 6.18 Å². The fourth-order valence-electron chi connectivity index (χ4n) is 1.36. The highest BCUT2D eigenvalue weighted by atomic mass is 79.9. The van der Waals surface area contributed by atoms with Crippen LogP contribution in [0.4, 0.5) is 24.9 Å². The molecule has 0 aliphatic carbocycles.